The second-order valence-corrected chi connectivity index (χ2v) is 8.08. The lowest BCUT2D eigenvalue weighted by Crippen LogP contribution is -2.28. The summed E-state index contributed by atoms with van der Waals surface area (Å²) >= 11 is 6.06. The third-order valence-electron chi connectivity index (χ3n) is 3.87. The van der Waals surface area contributed by atoms with Gasteiger partial charge in [0.2, 0.25) is 10.0 Å². The highest BCUT2D eigenvalue weighted by Gasteiger charge is 2.30. The van der Waals surface area contributed by atoms with Crippen LogP contribution in [0.1, 0.15) is 34.7 Å². The van der Waals surface area contributed by atoms with Crippen LogP contribution in [0.25, 0.3) is 0 Å². The maximum absolute atomic E-state index is 12.7. The standard InChI is InChI=1S/C16H17ClN2O5S/c1-11-8-13(24-18-11)10-23-16(20)12-4-5-14(17)15(9-12)25(21,22)19-6-2-3-7-19/h4-5,8-9H,2-3,6-7,10H2,1H3. The zero-order chi connectivity index (χ0) is 18.0. The Labute approximate surface area is 150 Å². The number of aromatic nitrogens is 1. The number of nitrogens with zero attached hydrogens (tertiary/aromatic N) is 2. The summed E-state index contributed by atoms with van der Waals surface area (Å²) in [5.74, 6) is -0.256. The Balaban J connectivity index is 1.79. The number of hydrogen-bond donors (Lipinski definition) is 0. The van der Waals surface area contributed by atoms with Gasteiger partial charge in [0.05, 0.1) is 16.3 Å². The van der Waals surface area contributed by atoms with E-state index in [9.17, 15) is 13.2 Å². The van der Waals surface area contributed by atoms with E-state index >= 15 is 0 Å². The number of ether oxygens (including phenoxy) is 1. The molecule has 0 bridgehead atoms. The van der Waals surface area contributed by atoms with Crippen molar-refractivity contribution >= 4 is 27.6 Å². The Morgan fingerprint density at radius 2 is 2.04 bits per heavy atom. The van der Waals surface area contributed by atoms with Crippen molar-refractivity contribution in [3.8, 4) is 0 Å². The van der Waals surface area contributed by atoms with E-state index in [4.69, 9.17) is 20.9 Å². The first-order valence-corrected chi connectivity index (χ1v) is 9.59. The molecule has 0 atom stereocenters. The molecule has 0 spiro atoms. The van der Waals surface area contributed by atoms with Crippen molar-refractivity contribution in [2.45, 2.75) is 31.3 Å². The Hall–Kier alpha value is -1.90. The molecule has 1 saturated heterocycles. The van der Waals surface area contributed by atoms with Crippen molar-refractivity contribution in [3.63, 3.8) is 0 Å². The van der Waals surface area contributed by atoms with Gasteiger partial charge in [-0.2, -0.15) is 4.31 Å². The molecule has 2 heterocycles. The van der Waals surface area contributed by atoms with Crippen LogP contribution in [0.2, 0.25) is 5.02 Å². The van der Waals surface area contributed by atoms with Crippen LogP contribution >= 0.6 is 11.6 Å². The zero-order valence-electron chi connectivity index (χ0n) is 13.6. The van der Waals surface area contributed by atoms with Crippen LogP contribution in [0.4, 0.5) is 0 Å². The molecule has 1 aliphatic heterocycles. The maximum Gasteiger partial charge on any atom is 0.338 e. The molecule has 0 aliphatic carbocycles. The smallest absolute Gasteiger partial charge is 0.338 e. The highest BCUT2D eigenvalue weighted by atomic mass is 35.5. The first-order chi connectivity index (χ1) is 11.9. The van der Waals surface area contributed by atoms with Gasteiger partial charge < -0.3 is 9.26 Å². The molecule has 1 aliphatic rings. The lowest BCUT2D eigenvalue weighted by Gasteiger charge is -2.17. The normalized spacial score (nSPS) is 15.4. The second kappa shape index (κ2) is 7.15. The lowest BCUT2D eigenvalue weighted by molar-refractivity contribution is 0.0437. The zero-order valence-corrected chi connectivity index (χ0v) is 15.1. The van der Waals surface area contributed by atoms with Crippen LogP contribution in [0.3, 0.4) is 0 Å². The van der Waals surface area contributed by atoms with E-state index in [2.05, 4.69) is 5.16 Å². The monoisotopic (exact) mass is 384 g/mol. The van der Waals surface area contributed by atoms with E-state index in [1.165, 1.54) is 22.5 Å². The van der Waals surface area contributed by atoms with Gasteiger partial charge in [-0.1, -0.05) is 16.8 Å². The minimum atomic E-state index is -3.72. The van der Waals surface area contributed by atoms with Gasteiger partial charge in [-0.05, 0) is 38.0 Å². The van der Waals surface area contributed by atoms with Crippen molar-refractivity contribution in [2.75, 3.05) is 13.1 Å². The Bertz CT molecular complexity index is 888. The van der Waals surface area contributed by atoms with E-state index in [-0.39, 0.29) is 22.1 Å². The summed E-state index contributed by atoms with van der Waals surface area (Å²) in [6.07, 6.45) is 1.63. The molecule has 0 amide bonds. The highest BCUT2D eigenvalue weighted by molar-refractivity contribution is 7.89. The molecule has 9 heteroatoms. The van der Waals surface area contributed by atoms with Gasteiger partial charge in [-0.25, -0.2) is 13.2 Å². The number of aryl methyl sites for hydroxylation is 1. The number of esters is 1. The molecule has 3 rings (SSSR count). The first kappa shape index (κ1) is 17.9. The third kappa shape index (κ3) is 3.86. The molecule has 1 aromatic carbocycles. The van der Waals surface area contributed by atoms with E-state index in [0.717, 1.165) is 12.8 Å². The van der Waals surface area contributed by atoms with Crippen molar-refractivity contribution in [1.82, 2.24) is 9.46 Å². The van der Waals surface area contributed by atoms with Crippen LogP contribution in [0.5, 0.6) is 0 Å². The second-order valence-electron chi connectivity index (χ2n) is 5.77. The first-order valence-electron chi connectivity index (χ1n) is 7.77. The van der Waals surface area contributed by atoms with Crippen molar-refractivity contribution in [3.05, 3.63) is 46.3 Å². The molecule has 0 unspecified atom stereocenters. The van der Waals surface area contributed by atoms with Crippen LogP contribution in [0.15, 0.2) is 33.7 Å². The van der Waals surface area contributed by atoms with Gasteiger partial charge in [-0.15, -0.1) is 0 Å². The summed E-state index contributed by atoms with van der Waals surface area (Å²) in [5.41, 5.74) is 0.787. The number of rotatable bonds is 5. The third-order valence-corrected chi connectivity index (χ3v) is 6.25. The molecule has 0 radical (unpaired) electrons. The van der Waals surface area contributed by atoms with Gasteiger partial charge in [0.15, 0.2) is 12.4 Å². The van der Waals surface area contributed by atoms with Crippen LogP contribution in [-0.2, 0) is 21.4 Å². The Morgan fingerprint density at radius 1 is 1.32 bits per heavy atom. The summed E-state index contributed by atoms with van der Waals surface area (Å²) in [7, 11) is -3.72. The SMILES string of the molecule is Cc1cc(COC(=O)c2ccc(Cl)c(S(=O)(=O)N3CCCC3)c2)on1. The van der Waals surface area contributed by atoms with E-state index in [1.807, 2.05) is 0 Å². The number of carbonyl (C=O) groups is 1. The molecular formula is C16H17ClN2O5S. The summed E-state index contributed by atoms with van der Waals surface area (Å²) in [5, 5.41) is 3.78. The Kier molecular flexibility index (Phi) is 5.12. The molecule has 1 fully saturated rings. The number of sulfonamides is 1. The fraction of sp³-hybridized carbons (Fsp3) is 0.375. The van der Waals surface area contributed by atoms with Gasteiger partial charge in [-0.3, -0.25) is 0 Å². The van der Waals surface area contributed by atoms with Crippen LogP contribution in [0, 0.1) is 6.92 Å². The van der Waals surface area contributed by atoms with Crippen molar-refractivity contribution in [1.29, 1.82) is 0 Å². The molecule has 0 N–H and O–H groups in total. The van der Waals surface area contributed by atoms with E-state index in [0.29, 0.717) is 24.5 Å². The molecule has 134 valence electrons. The number of benzene rings is 1. The molecule has 2 aromatic rings. The predicted octanol–water partition coefficient (Wildman–Crippen LogP) is 2.78. The van der Waals surface area contributed by atoms with Gasteiger partial charge in [0.25, 0.3) is 0 Å². The van der Waals surface area contributed by atoms with Crippen molar-refractivity contribution in [2.24, 2.45) is 0 Å². The van der Waals surface area contributed by atoms with Gasteiger partial charge in [0, 0.05) is 19.2 Å². The van der Waals surface area contributed by atoms with Crippen LogP contribution in [-0.4, -0.2) is 36.9 Å². The highest BCUT2D eigenvalue weighted by Crippen LogP contribution is 2.28. The van der Waals surface area contributed by atoms with Crippen molar-refractivity contribution < 1.29 is 22.5 Å². The molecule has 1 aromatic heterocycles. The van der Waals surface area contributed by atoms with Gasteiger partial charge >= 0.3 is 5.97 Å². The van der Waals surface area contributed by atoms with E-state index < -0.39 is 16.0 Å². The quantitative estimate of drug-likeness (QED) is 0.736. The maximum atomic E-state index is 12.7. The number of halogens is 1. The summed E-state index contributed by atoms with van der Waals surface area (Å²) < 4.78 is 36.8. The molecule has 25 heavy (non-hydrogen) atoms. The fourth-order valence-corrected chi connectivity index (χ4v) is 4.62. The van der Waals surface area contributed by atoms with E-state index in [1.54, 1.807) is 13.0 Å². The lowest BCUT2D eigenvalue weighted by atomic mass is 10.2. The Morgan fingerprint density at radius 3 is 2.68 bits per heavy atom. The average molecular weight is 385 g/mol. The average Bonchev–Trinajstić information content (AvgIpc) is 3.24. The van der Waals surface area contributed by atoms with Gasteiger partial charge in [0.1, 0.15) is 4.90 Å². The van der Waals surface area contributed by atoms with Crippen LogP contribution < -0.4 is 0 Å². The molecule has 0 saturated carbocycles. The fourth-order valence-electron chi connectivity index (χ4n) is 2.60. The summed E-state index contributed by atoms with van der Waals surface area (Å²) in [4.78, 5) is 12.1. The summed E-state index contributed by atoms with van der Waals surface area (Å²) in [6.45, 7) is 2.58. The topological polar surface area (TPSA) is 89.7 Å². The minimum absolute atomic E-state index is 0.0781. The predicted molar refractivity (Wildman–Crippen MR) is 89.8 cm³/mol. The molecular weight excluding hydrogens is 368 g/mol. The largest absolute Gasteiger partial charge is 0.454 e. The molecule has 7 nitrogen and oxygen atoms in total. The number of carbonyl (C=O) groups excluding carboxylic acids is 1. The summed E-state index contributed by atoms with van der Waals surface area (Å²) in [6, 6.07) is 5.72. The minimum Gasteiger partial charge on any atom is -0.454 e. The number of hydrogen-bond acceptors (Lipinski definition) is 6.